The predicted octanol–water partition coefficient (Wildman–Crippen LogP) is 2.76. The normalized spacial score (nSPS) is 15.2. The Hall–Kier alpha value is -1.09. The van der Waals surface area contributed by atoms with E-state index in [9.17, 15) is 0 Å². The molecule has 3 heteroatoms. The van der Waals surface area contributed by atoms with Crippen LogP contribution in [0.4, 0.5) is 0 Å². The first-order valence-electron chi connectivity index (χ1n) is 6.55. The fourth-order valence-corrected chi connectivity index (χ4v) is 1.55. The smallest absolute Gasteiger partial charge is 0.137 e. The Labute approximate surface area is 104 Å². The number of nitrogens with zero attached hydrogens (tertiary/aromatic N) is 1. The van der Waals surface area contributed by atoms with Gasteiger partial charge in [-0.2, -0.15) is 0 Å². The zero-order valence-electron chi connectivity index (χ0n) is 10.8. The van der Waals surface area contributed by atoms with Gasteiger partial charge in [0.15, 0.2) is 0 Å². The Morgan fingerprint density at radius 3 is 2.82 bits per heavy atom. The van der Waals surface area contributed by atoms with Crippen LogP contribution in [0, 0.1) is 5.92 Å². The number of nitrogens with one attached hydrogen (secondary N) is 1. The summed E-state index contributed by atoms with van der Waals surface area (Å²) in [4.78, 5) is 4.39. The van der Waals surface area contributed by atoms with E-state index in [-0.39, 0.29) is 0 Å². The van der Waals surface area contributed by atoms with Crippen molar-refractivity contribution in [2.24, 2.45) is 5.92 Å². The largest absolute Gasteiger partial charge is 0.492 e. The molecule has 1 heterocycles. The van der Waals surface area contributed by atoms with Crippen molar-refractivity contribution in [3.8, 4) is 5.75 Å². The van der Waals surface area contributed by atoms with Gasteiger partial charge >= 0.3 is 0 Å². The van der Waals surface area contributed by atoms with E-state index in [0.29, 0.717) is 5.92 Å². The van der Waals surface area contributed by atoms with E-state index >= 15 is 0 Å². The number of hydrogen-bond donors (Lipinski definition) is 1. The van der Waals surface area contributed by atoms with E-state index < -0.39 is 0 Å². The summed E-state index contributed by atoms with van der Waals surface area (Å²) in [6.07, 6.45) is 5.54. The van der Waals surface area contributed by atoms with Crippen LogP contribution in [0.15, 0.2) is 18.3 Å². The van der Waals surface area contributed by atoms with Gasteiger partial charge in [0, 0.05) is 12.6 Å². The summed E-state index contributed by atoms with van der Waals surface area (Å²) in [6, 6.07) is 4.79. The van der Waals surface area contributed by atoms with E-state index in [0.717, 1.165) is 37.1 Å². The number of hydrogen-bond acceptors (Lipinski definition) is 3. The first kappa shape index (κ1) is 12.4. The van der Waals surface area contributed by atoms with Crippen LogP contribution in [0.1, 0.15) is 38.8 Å². The first-order valence-corrected chi connectivity index (χ1v) is 6.55. The molecule has 1 saturated carbocycles. The zero-order chi connectivity index (χ0) is 12.1. The van der Waals surface area contributed by atoms with Crippen LogP contribution in [0.3, 0.4) is 0 Å². The van der Waals surface area contributed by atoms with Gasteiger partial charge in [0.2, 0.25) is 0 Å². The predicted molar refractivity (Wildman–Crippen MR) is 69.0 cm³/mol. The lowest BCUT2D eigenvalue weighted by Gasteiger charge is -2.08. The highest BCUT2D eigenvalue weighted by atomic mass is 16.5. The van der Waals surface area contributed by atoms with Crippen LogP contribution in [0.5, 0.6) is 5.75 Å². The molecular formula is C14H22N2O. The molecule has 0 atom stereocenters. The minimum Gasteiger partial charge on any atom is -0.492 e. The molecule has 1 aromatic heterocycles. The minimum absolute atomic E-state index is 0.685. The fraction of sp³-hybridized carbons (Fsp3) is 0.643. The van der Waals surface area contributed by atoms with Gasteiger partial charge in [0.05, 0.1) is 18.5 Å². The summed E-state index contributed by atoms with van der Waals surface area (Å²) in [5, 5.41) is 3.45. The molecule has 1 aromatic rings. The highest BCUT2D eigenvalue weighted by molar-refractivity contribution is 5.19. The number of ether oxygens (including phenoxy) is 1. The maximum Gasteiger partial charge on any atom is 0.137 e. The van der Waals surface area contributed by atoms with Crippen LogP contribution >= 0.6 is 0 Å². The summed E-state index contributed by atoms with van der Waals surface area (Å²) in [5.74, 6) is 1.56. The van der Waals surface area contributed by atoms with Crippen LogP contribution < -0.4 is 10.1 Å². The number of rotatable bonds is 7. The maximum atomic E-state index is 5.63. The van der Waals surface area contributed by atoms with Crippen molar-refractivity contribution < 1.29 is 4.74 Å². The molecule has 0 bridgehead atoms. The van der Waals surface area contributed by atoms with E-state index in [2.05, 4.69) is 24.1 Å². The third kappa shape index (κ3) is 4.73. The quantitative estimate of drug-likeness (QED) is 0.787. The molecule has 1 aliphatic carbocycles. The zero-order valence-corrected chi connectivity index (χ0v) is 10.8. The highest BCUT2D eigenvalue weighted by Crippen LogP contribution is 2.19. The van der Waals surface area contributed by atoms with Crippen molar-refractivity contribution in [2.75, 3.05) is 6.61 Å². The Morgan fingerprint density at radius 1 is 1.41 bits per heavy atom. The summed E-state index contributed by atoms with van der Waals surface area (Å²) < 4.78 is 5.63. The lowest BCUT2D eigenvalue weighted by molar-refractivity contribution is 0.288. The molecule has 0 saturated heterocycles. The first-order chi connectivity index (χ1) is 8.24. The average molecular weight is 234 g/mol. The molecule has 3 nitrogen and oxygen atoms in total. The second-order valence-corrected chi connectivity index (χ2v) is 5.17. The van der Waals surface area contributed by atoms with Crippen molar-refractivity contribution in [3.63, 3.8) is 0 Å². The van der Waals surface area contributed by atoms with Gasteiger partial charge in [0.25, 0.3) is 0 Å². The SMILES string of the molecule is CC(C)CCOc1ccc(CNC2CC2)nc1. The topological polar surface area (TPSA) is 34.1 Å². The monoisotopic (exact) mass is 234 g/mol. The molecule has 0 aliphatic heterocycles. The Bertz CT molecular complexity index is 331. The lowest BCUT2D eigenvalue weighted by Crippen LogP contribution is -2.16. The summed E-state index contributed by atoms with van der Waals surface area (Å²) in [7, 11) is 0. The second-order valence-electron chi connectivity index (χ2n) is 5.17. The Kier molecular flexibility index (Phi) is 4.37. The van der Waals surface area contributed by atoms with Crippen LogP contribution in [-0.4, -0.2) is 17.6 Å². The maximum absolute atomic E-state index is 5.63. The highest BCUT2D eigenvalue weighted by Gasteiger charge is 2.19. The molecule has 0 unspecified atom stereocenters. The summed E-state index contributed by atoms with van der Waals surface area (Å²) >= 11 is 0. The van der Waals surface area contributed by atoms with E-state index in [1.165, 1.54) is 12.8 Å². The van der Waals surface area contributed by atoms with Crippen LogP contribution in [-0.2, 0) is 6.54 Å². The van der Waals surface area contributed by atoms with Gasteiger partial charge in [0.1, 0.15) is 5.75 Å². The molecule has 0 spiro atoms. The van der Waals surface area contributed by atoms with Crippen molar-refractivity contribution in [1.82, 2.24) is 10.3 Å². The molecule has 2 rings (SSSR count). The van der Waals surface area contributed by atoms with Gasteiger partial charge in [-0.05, 0) is 37.3 Å². The number of aromatic nitrogens is 1. The van der Waals surface area contributed by atoms with Crippen molar-refractivity contribution in [3.05, 3.63) is 24.0 Å². The van der Waals surface area contributed by atoms with Gasteiger partial charge in [-0.25, -0.2) is 0 Å². The molecule has 0 radical (unpaired) electrons. The van der Waals surface area contributed by atoms with Gasteiger partial charge in [-0.3, -0.25) is 4.98 Å². The Morgan fingerprint density at radius 2 is 2.24 bits per heavy atom. The van der Waals surface area contributed by atoms with Crippen LogP contribution in [0.2, 0.25) is 0 Å². The molecule has 0 aromatic carbocycles. The minimum atomic E-state index is 0.685. The standard InChI is InChI=1S/C14H22N2O/c1-11(2)7-8-17-14-6-5-13(16-10-14)9-15-12-3-4-12/h5-6,10-12,15H,3-4,7-9H2,1-2H3. The van der Waals surface area contributed by atoms with E-state index in [1.54, 1.807) is 0 Å². The van der Waals surface area contributed by atoms with E-state index in [4.69, 9.17) is 4.74 Å². The molecule has 0 amide bonds. The van der Waals surface area contributed by atoms with Gasteiger partial charge < -0.3 is 10.1 Å². The molecule has 94 valence electrons. The molecule has 17 heavy (non-hydrogen) atoms. The number of pyridine rings is 1. The second kappa shape index (κ2) is 6.01. The molecular weight excluding hydrogens is 212 g/mol. The molecule has 1 aliphatic rings. The molecule has 1 N–H and O–H groups in total. The summed E-state index contributed by atoms with van der Waals surface area (Å²) in [6.45, 7) is 6.05. The van der Waals surface area contributed by atoms with Gasteiger partial charge in [-0.1, -0.05) is 13.8 Å². The van der Waals surface area contributed by atoms with Crippen molar-refractivity contribution in [2.45, 2.75) is 45.7 Å². The lowest BCUT2D eigenvalue weighted by atomic mass is 10.1. The Balaban J connectivity index is 1.72. The third-order valence-corrected chi connectivity index (χ3v) is 2.91. The fourth-order valence-electron chi connectivity index (χ4n) is 1.55. The summed E-state index contributed by atoms with van der Waals surface area (Å²) in [5.41, 5.74) is 1.09. The van der Waals surface area contributed by atoms with E-state index in [1.807, 2.05) is 18.3 Å². The van der Waals surface area contributed by atoms with Crippen LogP contribution in [0.25, 0.3) is 0 Å². The third-order valence-electron chi connectivity index (χ3n) is 2.91. The van der Waals surface area contributed by atoms with Gasteiger partial charge in [-0.15, -0.1) is 0 Å². The van der Waals surface area contributed by atoms with Crippen molar-refractivity contribution in [1.29, 1.82) is 0 Å². The average Bonchev–Trinajstić information content (AvgIpc) is 3.11. The molecule has 1 fully saturated rings. The van der Waals surface area contributed by atoms with Crippen molar-refractivity contribution >= 4 is 0 Å².